The molecule has 0 fully saturated rings. The second-order valence-corrected chi connectivity index (χ2v) is 8.30. The maximum absolute atomic E-state index is 12.8. The minimum atomic E-state index is -4.45. The second kappa shape index (κ2) is 7.84. The van der Waals surface area contributed by atoms with Crippen molar-refractivity contribution in [1.29, 1.82) is 0 Å². The molecule has 4 nitrogen and oxygen atoms in total. The molecular weight excluding hydrogens is 333 g/mol. The van der Waals surface area contributed by atoms with Gasteiger partial charge in [-0.1, -0.05) is 62.4 Å². The molecule has 0 radical (unpaired) electrons. The van der Waals surface area contributed by atoms with Crippen LogP contribution in [0.5, 0.6) is 0 Å². The Morgan fingerprint density at radius 1 is 0.960 bits per heavy atom. The topological polar surface area (TPSA) is 60.8 Å². The van der Waals surface area contributed by atoms with E-state index in [0.29, 0.717) is 25.1 Å². The molecule has 0 heterocycles. The summed E-state index contributed by atoms with van der Waals surface area (Å²) in [5.41, 5.74) is 3.82. The standard InChI is InChI=1S/C20H28NO3P/c1-5-20(25(22,23)24,19-14-10-8-12-17(19)4)21(6-2)15-18-13-9-7-11-16(18)3/h7-14H,5-6,15H2,1-4H3,(H2,22,23,24). The molecule has 25 heavy (non-hydrogen) atoms. The molecule has 0 bridgehead atoms. The van der Waals surface area contributed by atoms with Gasteiger partial charge >= 0.3 is 7.60 Å². The molecule has 1 atom stereocenters. The Hall–Kier alpha value is -1.45. The van der Waals surface area contributed by atoms with Gasteiger partial charge in [-0.15, -0.1) is 0 Å². The zero-order chi connectivity index (χ0) is 18.7. The Balaban J connectivity index is 2.63. The van der Waals surface area contributed by atoms with E-state index in [-0.39, 0.29) is 0 Å². The van der Waals surface area contributed by atoms with Gasteiger partial charge in [0.05, 0.1) is 0 Å². The molecule has 0 saturated carbocycles. The second-order valence-electron chi connectivity index (χ2n) is 6.47. The molecule has 2 N–H and O–H groups in total. The Kier molecular flexibility index (Phi) is 6.23. The van der Waals surface area contributed by atoms with Gasteiger partial charge in [-0.3, -0.25) is 9.46 Å². The molecule has 0 aliphatic rings. The van der Waals surface area contributed by atoms with Crippen molar-refractivity contribution in [3.63, 3.8) is 0 Å². The summed E-state index contributed by atoms with van der Waals surface area (Å²) in [6.45, 7) is 8.79. The molecule has 136 valence electrons. The third kappa shape index (κ3) is 3.73. The zero-order valence-electron chi connectivity index (χ0n) is 15.4. The first kappa shape index (κ1) is 19.9. The first-order valence-corrected chi connectivity index (χ1v) is 10.3. The van der Waals surface area contributed by atoms with E-state index in [1.54, 1.807) is 0 Å². The summed E-state index contributed by atoms with van der Waals surface area (Å²) in [5.74, 6) is 0. The van der Waals surface area contributed by atoms with Crippen LogP contribution in [0.1, 0.15) is 42.5 Å². The maximum Gasteiger partial charge on any atom is 0.350 e. The number of hydrogen-bond donors (Lipinski definition) is 2. The van der Waals surface area contributed by atoms with Crippen LogP contribution in [0.4, 0.5) is 0 Å². The third-order valence-corrected chi connectivity index (χ3v) is 6.88. The number of benzene rings is 2. The lowest BCUT2D eigenvalue weighted by molar-refractivity contribution is 0.118. The number of hydrogen-bond acceptors (Lipinski definition) is 2. The highest BCUT2D eigenvalue weighted by Crippen LogP contribution is 2.61. The van der Waals surface area contributed by atoms with E-state index in [0.717, 1.165) is 16.7 Å². The van der Waals surface area contributed by atoms with Gasteiger partial charge in [0.2, 0.25) is 0 Å². The Morgan fingerprint density at radius 3 is 2.00 bits per heavy atom. The molecule has 2 aromatic rings. The van der Waals surface area contributed by atoms with Gasteiger partial charge in [0.15, 0.2) is 0 Å². The molecule has 0 aliphatic carbocycles. The van der Waals surface area contributed by atoms with Crippen molar-refractivity contribution >= 4 is 7.60 Å². The SMILES string of the molecule is CCN(Cc1ccccc1C)C(CC)(c1ccccc1C)P(=O)(O)O. The molecule has 0 aromatic heterocycles. The fraction of sp³-hybridized carbons (Fsp3) is 0.400. The van der Waals surface area contributed by atoms with Gasteiger partial charge in [-0.2, -0.15) is 0 Å². The maximum atomic E-state index is 12.8. The van der Waals surface area contributed by atoms with Crippen LogP contribution in [-0.4, -0.2) is 21.2 Å². The summed E-state index contributed by atoms with van der Waals surface area (Å²) in [7, 11) is -4.45. The van der Waals surface area contributed by atoms with Crippen LogP contribution in [0.25, 0.3) is 0 Å². The van der Waals surface area contributed by atoms with E-state index in [1.807, 2.05) is 81.1 Å². The zero-order valence-corrected chi connectivity index (χ0v) is 16.3. The van der Waals surface area contributed by atoms with Crippen LogP contribution in [-0.2, 0) is 16.4 Å². The quantitative estimate of drug-likeness (QED) is 0.710. The first-order valence-electron chi connectivity index (χ1n) is 8.69. The lowest BCUT2D eigenvalue weighted by Crippen LogP contribution is -2.45. The van der Waals surface area contributed by atoms with E-state index in [2.05, 4.69) is 0 Å². The van der Waals surface area contributed by atoms with E-state index < -0.39 is 12.9 Å². The molecule has 2 rings (SSSR count). The molecular formula is C20H28NO3P. The fourth-order valence-corrected chi connectivity index (χ4v) is 5.21. The van der Waals surface area contributed by atoms with Crippen LogP contribution in [0, 0.1) is 13.8 Å². The van der Waals surface area contributed by atoms with Crippen molar-refractivity contribution in [1.82, 2.24) is 4.90 Å². The van der Waals surface area contributed by atoms with Crippen molar-refractivity contribution in [3.05, 3.63) is 70.8 Å². The van der Waals surface area contributed by atoms with E-state index in [9.17, 15) is 14.4 Å². The molecule has 0 spiro atoms. The summed E-state index contributed by atoms with van der Waals surface area (Å²) < 4.78 is 12.8. The van der Waals surface area contributed by atoms with Gasteiger partial charge in [0, 0.05) is 6.54 Å². The molecule has 5 heteroatoms. The highest BCUT2D eigenvalue weighted by atomic mass is 31.2. The average Bonchev–Trinajstić information content (AvgIpc) is 2.56. The fourth-order valence-electron chi connectivity index (χ4n) is 3.65. The lowest BCUT2D eigenvalue weighted by Gasteiger charge is -2.44. The van der Waals surface area contributed by atoms with Crippen molar-refractivity contribution in [2.75, 3.05) is 6.54 Å². The number of nitrogens with zero attached hydrogens (tertiary/aromatic N) is 1. The van der Waals surface area contributed by atoms with E-state index in [1.165, 1.54) is 0 Å². The summed E-state index contributed by atoms with van der Waals surface area (Å²) in [5, 5.41) is -1.32. The predicted molar refractivity (Wildman–Crippen MR) is 102 cm³/mol. The largest absolute Gasteiger partial charge is 0.350 e. The summed E-state index contributed by atoms with van der Waals surface area (Å²) >= 11 is 0. The van der Waals surface area contributed by atoms with Crippen molar-refractivity contribution in [2.45, 2.75) is 45.9 Å². The minimum absolute atomic E-state index is 0.335. The van der Waals surface area contributed by atoms with Gasteiger partial charge in [-0.05, 0) is 49.1 Å². The summed E-state index contributed by atoms with van der Waals surface area (Å²) in [6.07, 6.45) is 0.335. The van der Waals surface area contributed by atoms with Crippen molar-refractivity contribution in [3.8, 4) is 0 Å². The van der Waals surface area contributed by atoms with E-state index in [4.69, 9.17) is 0 Å². The van der Waals surface area contributed by atoms with Crippen LogP contribution in [0.3, 0.4) is 0 Å². The van der Waals surface area contributed by atoms with Crippen molar-refractivity contribution in [2.24, 2.45) is 0 Å². The monoisotopic (exact) mass is 361 g/mol. The van der Waals surface area contributed by atoms with Crippen LogP contribution >= 0.6 is 7.60 Å². The van der Waals surface area contributed by atoms with E-state index >= 15 is 0 Å². The molecule has 0 amide bonds. The highest BCUT2D eigenvalue weighted by Gasteiger charge is 2.51. The van der Waals surface area contributed by atoms with Gasteiger partial charge < -0.3 is 9.79 Å². The van der Waals surface area contributed by atoms with Crippen LogP contribution < -0.4 is 0 Å². The molecule has 2 aromatic carbocycles. The summed E-state index contributed by atoms with van der Waals surface area (Å²) in [4.78, 5) is 22.8. The Morgan fingerprint density at radius 2 is 1.52 bits per heavy atom. The normalized spacial score (nSPS) is 14.5. The van der Waals surface area contributed by atoms with Gasteiger partial charge in [0.25, 0.3) is 0 Å². The summed E-state index contributed by atoms with van der Waals surface area (Å²) in [6, 6.07) is 15.5. The number of rotatable bonds is 7. The highest BCUT2D eigenvalue weighted by molar-refractivity contribution is 7.53. The molecule has 0 aliphatic heterocycles. The Labute approximate surface area is 150 Å². The predicted octanol–water partition coefficient (Wildman–Crippen LogP) is 4.57. The molecule has 0 saturated heterocycles. The van der Waals surface area contributed by atoms with Gasteiger partial charge in [0.1, 0.15) is 5.28 Å². The van der Waals surface area contributed by atoms with Crippen LogP contribution in [0.2, 0.25) is 0 Å². The lowest BCUT2D eigenvalue weighted by atomic mass is 9.96. The first-order chi connectivity index (χ1) is 11.8. The molecule has 1 unspecified atom stereocenters. The van der Waals surface area contributed by atoms with Gasteiger partial charge in [-0.25, -0.2) is 0 Å². The number of aryl methyl sites for hydroxylation is 2. The average molecular weight is 361 g/mol. The minimum Gasteiger partial charge on any atom is -0.323 e. The third-order valence-electron chi connectivity index (χ3n) is 5.08. The Bertz CT molecular complexity index is 771. The van der Waals surface area contributed by atoms with Crippen molar-refractivity contribution < 1.29 is 14.4 Å². The van der Waals surface area contributed by atoms with Crippen LogP contribution in [0.15, 0.2) is 48.5 Å². The smallest absolute Gasteiger partial charge is 0.323 e.